The van der Waals surface area contributed by atoms with Crippen molar-refractivity contribution < 1.29 is 22.6 Å². The first-order chi connectivity index (χ1) is 18.2. The molecule has 0 atom stereocenters. The van der Waals surface area contributed by atoms with Crippen molar-refractivity contribution in [3.63, 3.8) is 0 Å². The maximum absolute atomic E-state index is 13.5. The topological polar surface area (TPSA) is 100 Å². The molecule has 2 heterocycles. The second kappa shape index (κ2) is 11.2. The summed E-state index contributed by atoms with van der Waals surface area (Å²) in [5.41, 5.74) is -1.04. The van der Waals surface area contributed by atoms with Gasteiger partial charge >= 0.3 is 17.6 Å². The van der Waals surface area contributed by atoms with E-state index in [1.165, 1.54) is 30.9 Å². The van der Waals surface area contributed by atoms with Crippen molar-refractivity contribution in [2.24, 2.45) is 0 Å². The molecule has 1 N–H and O–H groups in total. The van der Waals surface area contributed by atoms with E-state index in [-0.39, 0.29) is 31.3 Å². The van der Waals surface area contributed by atoms with Crippen molar-refractivity contribution in [3.8, 4) is 11.5 Å². The van der Waals surface area contributed by atoms with Gasteiger partial charge < -0.3 is 14.8 Å². The zero-order chi connectivity index (χ0) is 27.3. The van der Waals surface area contributed by atoms with Crippen molar-refractivity contribution >= 4 is 5.95 Å². The molecule has 0 amide bonds. The zero-order valence-electron chi connectivity index (χ0n) is 20.5. The Labute approximate surface area is 215 Å². The molecule has 0 aliphatic heterocycles. The van der Waals surface area contributed by atoms with Crippen LogP contribution >= 0.6 is 0 Å². The first kappa shape index (κ1) is 26.5. The quantitative estimate of drug-likeness (QED) is 0.355. The van der Waals surface area contributed by atoms with Crippen molar-refractivity contribution in [3.05, 3.63) is 110 Å². The Hall–Kier alpha value is -4.61. The summed E-state index contributed by atoms with van der Waals surface area (Å²) in [6, 6.07) is 17.3. The highest BCUT2D eigenvalue weighted by molar-refractivity contribution is 5.32. The van der Waals surface area contributed by atoms with Gasteiger partial charge in [0, 0.05) is 0 Å². The van der Waals surface area contributed by atoms with Gasteiger partial charge in [-0.1, -0.05) is 30.3 Å². The molecule has 0 saturated heterocycles. The molecule has 4 rings (SSSR count). The highest BCUT2D eigenvalue weighted by Crippen LogP contribution is 2.27. The number of pyridine rings is 1. The van der Waals surface area contributed by atoms with Gasteiger partial charge in [-0.25, -0.2) is 19.1 Å². The molecular formula is C26H24F3N5O4. The lowest BCUT2D eigenvalue weighted by Crippen LogP contribution is -2.43. The molecule has 2 aromatic heterocycles. The Morgan fingerprint density at radius 1 is 0.789 bits per heavy atom. The number of alkyl halides is 3. The first-order valence-electron chi connectivity index (χ1n) is 11.4. The second-order valence-corrected chi connectivity index (χ2v) is 8.23. The van der Waals surface area contributed by atoms with Gasteiger partial charge in [0.1, 0.15) is 17.2 Å². The summed E-state index contributed by atoms with van der Waals surface area (Å²) >= 11 is 0. The zero-order valence-corrected chi connectivity index (χ0v) is 20.5. The number of aromatic nitrogens is 4. The first-order valence-corrected chi connectivity index (χ1v) is 11.4. The van der Waals surface area contributed by atoms with E-state index in [0.29, 0.717) is 22.6 Å². The molecule has 0 fully saturated rings. The minimum Gasteiger partial charge on any atom is -0.497 e. The highest BCUT2D eigenvalue weighted by atomic mass is 19.4. The van der Waals surface area contributed by atoms with Crippen LogP contribution in [0.1, 0.15) is 22.5 Å². The third kappa shape index (κ3) is 6.20. The molecule has 0 unspecified atom stereocenters. The molecule has 4 aromatic rings. The van der Waals surface area contributed by atoms with E-state index in [1.54, 1.807) is 48.5 Å². The molecule has 0 aliphatic carbocycles. The van der Waals surface area contributed by atoms with E-state index in [4.69, 9.17) is 9.47 Å². The predicted molar refractivity (Wildman–Crippen MR) is 134 cm³/mol. The van der Waals surface area contributed by atoms with Crippen LogP contribution in [0, 0.1) is 0 Å². The average molecular weight is 528 g/mol. The molecule has 0 saturated carbocycles. The predicted octanol–water partition coefficient (Wildman–Crippen LogP) is 3.54. The summed E-state index contributed by atoms with van der Waals surface area (Å²) in [5.74, 6) is 1.15. The number of anilines is 1. The summed E-state index contributed by atoms with van der Waals surface area (Å²) in [4.78, 5) is 34.0. The second-order valence-electron chi connectivity index (χ2n) is 8.23. The van der Waals surface area contributed by atoms with Crippen LogP contribution in [0.2, 0.25) is 0 Å². The summed E-state index contributed by atoms with van der Waals surface area (Å²) < 4.78 is 51.7. The van der Waals surface area contributed by atoms with Gasteiger partial charge in [-0.15, -0.1) is 0 Å². The van der Waals surface area contributed by atoms with Crippen LogP contribution in [-0.2, 0) is 25.8 Å². The fourth-order valence-electron chi connectivity index (χ4n) is 3.67. The molecule has 9 nitrogen and oxygen atoms in total. The SMILES string of the molecule is COc1ccc(Cn2c(NCc3cccc(C(F)(F)F)n3)nc(=O)n(Cc3ccc(OC)cc3)c2=O)cc1. The van der Waals surface area contributed by atoms with Crippen LogP contribution in [-0.4, -0.2) is 33.3 Å². The lowest BCUT2D eigenvalue weighted by molar-refractivity contribution is -0.141. The fourth-order valence-corrected chi connectivity index (χ4v) is 3.67. The van der Waals surface area contributed by atoms with Crippen molar-refractivity contribution in [2.75, 3.05) is 19.5 Å². The van der Waals surface area contributed by atoms with Crippen LogP contribution in [0.3, 0.4) is 0 Å². The Morgan fingerprint density at radius 3 is 1.87 bits per heavy atom. The minimum atomic E-state index is -4.60. The molecule has 2 aromatic carbocycles. The average Bonchev–Trinajstić information content (AvgIpc) is 2.92. The number of ether oxygens (including phenoxy) is 2. The summed E-state index contributed by atoms with van der Waals surface area (Å²) in [6.07, 6.45) is -4.60. The van der Waals surface area contributed by atoms with E-state index in [9.17, 15) is 22.8 Å². The van der Waals surface area contributed by atoms with Gasteiger partial charge in [-0.2, -0.15) is 18.2 Å². The highest BCUT2D eigenvalue weighted by Gasteiger charge is 2.32. The van der Waals surface area contributed by atoms with Crippen LogP contribution in [0.15, 0.2) is 76.3 Å². The molecular weight excluding hydrogens is 503 g/mol. The molecule has 12 heteroatoms. The van der Waals surface area contributed by atoms with E-state index >= 15 is 0 Å². The fraction of sp³-hybridized carbons (Fsp3) is 0.231. The van der Waals surface area contributed by atoms with Crippen LogP contribution < -0.4 is 26.2 Å². The molecule has 198 valence electrons. The van der Waals surface area contributed by atoms with Gasteiger partial charge in [0.15, 0.2) is 0 Å². The molecule has 0 bridgehead atoms. The Morgan fingerprint density at radius 2 is 1.34 bits per heavy atom. The van der Waals surface area contributed by atoms with Gasteiger partial charge in [0.05, 0.1) is 39.5 Å². The number of hydrogen-bond donors (Lipinski definition) is 1. The minimum absolute atomic E-state index is 0.0350. The lowest BCUT2D eigenvalue weighted by Gasteiger charge is -2.16. The van der Waals surface area contributed by atoms with E-state index in [0.717, 1.165) is 10.6 Å². The van der Waals surface area contributed by atoms with Gasteiger partial charge in [-0.3, -0.25) is 4.57 Å². The summed E-state index contributed by atoms with van der Waals surface area (Å²) in [6.45, 7) is -0.190. The Bertz CT molecular complexity index is 1510. The number of nitrogens with zero attached hydrogens (tertiary/aromatic N) is 4. The van der Waals surface area contributed by atoms with Crippen LogP contribution in [0.25, 0.3) is 0 Å². The van der Waals surface area contributed by atoms with E-state index < -0.39 is 23.2 Å². The Balaban J connectivity index is 1.69. The number of benzene rings is 2. The molecule has 0 aliphatic rings. The lowest BCUT2D eigenvalue weighted by atomic mass is 10.2. The van der Waals surface area contributed by atoms with E-state index in [1.807, 2.05) is 0 Å². The van der Waals surface area contributed by atoms with E-state index in [2.05, 4.69) is 15.3 Å². The number of rotatable bonds is 9. The van der Waals surface area contributed by atoms with Crippen LogP contribution in [0.4, 0.5) is 19.1 Å². The van der Waals surface area contributed by atoms with Crippen molar-refractivity contribution in [1.29, 1.82) is 0 Å². The Kier molecular flexibility index (Phi) is 7.79. The van der Waals surface area contributed by atoms with Gasteiger partial charge in [0.2, 0.25) is 5.95 Å². The third-order valence-electron chi connectivity index (χ3n) is 5.67. The molecule has 0 radical (unpaired) electrons. The number of halogens is 3. The summed E-state index contributed by atoms with van der Waals surface area (Å²) in [7, 11) is 3.06. The van der Waals surface area contributed by atoms with Crippen molar-refractivity contribution in [2.45, 2.75) is 25.8 Å². The third-order valence-corrected chi connectivity index (χ3v) is 5.67. The number of nitrogens with one attached hydrogen (secondary N) is 1. The standard InChI is InChI=1S/C26H24F3N5O4/c1-37-20-10-6-17(7-11-20)15-33-23(30-14-19-4-3-5-22(31-19)26(27,28)29)32-24(35)34(25(33)36)16-18-8-12-21(38-2)13-9-18/h3-13H,14-16H2,1-2H3,(H,30,32,35). The molecule has 0 spiro atoms. The van der Waals surface area contributed by atoms with Gasteiger partial charge in [0.25, 0.3) is 0 Å². The maximum atomic E-state index is 13.5. The monoisotopic (exact) mass is 527 g/mol. The normalized spacial score (nSPS) is 11.3. The smallest absolute Gasteiger partial charge is 0.433 e. The number of methoxy groups -OCH3 is 2. The van der Waals surface area contributed by atoms with Gasteiger partial charge in [-0.05, 0) is 47.5 Å². The van der Waals surface area contributed by atoms with Crippen molar-refractivity contribution in [1.82, 2.24) is 19.1 Å². The molecule has 38 heavy (non-hydrogen) atoms. The summed E-state index contributed by atoms with van der Waals surface area (Å²) in [5, 5.41) is 2.81. The maximum Gasteiger partial charge on any atom is 0.433 e. The largest absolute Gasteiger partial charge is 0.497 e. The van der Waals surface area contributed by atoms with Crippen LogP contribution in [0.5, 0.6) is 11.5 Å². The number of hydrogen-bond acceptors (Lipinski definition) is 7.